The summed E-state index contributed by atoms with van der Waals surface area (Å²) in [6.45, 7) is -0.336. The maximum absolute atomic E-state index is 12.9. The first kappa shape index (κ1) is 28.1. The Kier molecular flexibility index (Phi) is 8.90. The Morgan fingerprint density at radius 3 is 2.56 bits per heavy atom. The van der Waals surface area contributed by atoms with Gasteiger partial charge in [-0.3, -0.25) is 29.4 Å². The summed E-state index contributed by atoms with van der Waals surface area (Å²) in [5, 5.41) is 13.2. The number of nitrogens with zero attached hydrogens (tertiary/aromatic N) is 2. The number of amides is 3. The fourth-order valence-electron chi connectivity index (χ4n) is 3.52. The number of ether oxygens (including phenoxy) is 2. The number of anilines is 1. The van der Waals surface area contributed by atoms with Crippen LogP contribution in [-0.4, -0.2) is 40.5 Å². The Morgan fingerprint density at radius 2 is 1.90 bits per heavy atom. The summed E-state index contributed by atoms with van der Waals surface area (Å²) in [4.78, 5) is 49.2. The molecule has 0 bridgehead atoms. The molecule has 0 spiro atoms. The van der Waals surface area contributed by atoms with Crippen LogP contribution in [0.1, 0.15) is 11.1 Å². The summed E-state index contributed by atoms with van der Waals surface area (Å²) in [5.74, 6) is -0.424. The average Bonchev–Trinajstić information content (AvgIpc) is 3.16. The molecule has 1 saturated heterocycles. The maximum Gasteiger partial charge on any atom is 0.294 e. The molecule has 0 radical (unpaired) electrons. The number of benzene rings is 3. The van der Waals surface area contributed by atoms with Gasteiger partial charge in [-0.25, -0.2) is 0 Å². The molecule has 0 saturated carbocycles. The molecule has 0 aromatic heterocycles. The van der Waals surface area contributed by atoms with E-state index in [1.165, 1.54) is 25.3 Å². The standard InChI is InChI=1S/C26H19BrClN3O7S/c1-37-21-11-16(10-18(27)24(21)38-14-15-6-8-17(9-7-15)31(35)36)12-22-25(33)30(26(34)39-22)13-23(32)29-20-5-3-2-4-19(20)28/h2-12H,13-14H2,1H3,(H,29,32)/b22-12+. The number of halogens is 2. The third kappa shape index (κ3) is 6.77. The second-order valence-electron chi connectivity index (χ2n) is 8.04. The summed E-state index contributed by atoms with van der Waals surface area (Å²) in [6.07, 6.45) is 1.52. The Morgan fingerprint density at radius 1 is 1.18 bits per heavy atom. The maximum atomic E-state index is 12.9. The first-order valence-corrected chi connectivity index (χ1v) is 13.2. The largest absolute Gasteiger partial charge is 0.493 e. The minimum atomic E-state index is -0.604. The molecule has 0 unspecified atom stereocenters. The Hall–Kier alpha value is -3.87. The number of hydrogen-bond acceptors (Lipinski definition) is 8. The van der Waals surface area contributed by atoms with Crippen LogP contribution in [-0.2, 0) is 16.2 Å². The Balaban J connectivity index is 1.46. The van der Waals surface area contributed by atoms with Crippen LogP contribution in [0, 0.1) is 10.1 Å². The number of rotatable bonds is 9. The smallest absolute Gasteiger partial charge is 0.294 e. The molecule has 4 rings (SSSR count). The summed E-state index contributed by atoms with van der Waals surface area (Å²) < 4.78 is 11.8. The van der Waals surface area contributed by atoms with Crippen molar-refractivity contribution in [2.24, 2.45) is 0 Å². The van der Waals surface area contributed by atoms with Gasteiger partial charge in [0, 0.05) is 12.1 Å². The highest BCUT2D eigenvalue weighted by Crippen LogP contribution is 2.39. The molecule has 1 aliphatic rings. The van der Waals surface area contributed by atoms with E-state index < -0.39 is 28.5 Å². The first-order chi connectivity index (χ1) is 18.7. The van der Waals surface area contributed by atoms with Crippen LogP contribution in [0.25, 0.3) is 6.08 Å². The summed E-state index contributed by atoms with van der Waals surface area (Å²) in [6, 6.07) is 15.9. The molecule has 0 aliphatic carbocycles. The highest BCUT2D eigenvalue weighted by Gasteiger charge is 2.36. The van der Waals surface area contributed by atoms with Gasteiger partial charge in [-0.2, -0.15) is 0 Å². The van der Waals surface area contributed by atoms with Crippen LogP contribution in [0.2, 0.25) is 5.02 Å². The van der Waals surface area contributed by atoms with E-state index in [0.29, 0.717) is 37.8 Å². The zero-order valence-corrected chi connectivity index (χ0v) is 23.3. The van der Waals surface area contributed by atoms with Crippen LogP contribution in [0.3, 0.4) is 0 Å². The lowest BCUT2D eigenvalue weighted by Crippen LogP contribution is -2.36. The van der Waals surface area contributed by atoms with Crippen LogP contribution >= 0.6 is 39.3 Å². The van der Waals surface area contributed by atoms with Gasteiger partial charge in [-0.05, 0) is 81.3 Å². The number of hydrogen-bond donors (Lipinski definition) is 1. The molecular formula is C26H19BrClN3O7S. The zero-order chi connectivity index (χ0) is 28.1. The predicted molar refractivity (Wildman–Crippen MR) is 151 cm³/mol. The van der Waals surface area contributed by atoms with Crippen molar-refractivity contribution in [3.63, 3.8) is 0 Å². The van der Waals surface area contributed by atoms with Gasteiger partial charge in [0.25, 0.3) is 16.8 Å². The fourth-order valence-corrected chi connectivity index (χ4v) is 5.11. The lowest BCUT2D eigenvalue weighted by Gasteiger charge is -2.14. The number of nitrogens with one attached hydrogen (secondary N) is 1. The highest BCUT2D eigenvalue weighted by atomic mass is 79.9. The number of thioether (sulfide) groups is 1. The van der Waals surface area contributed by atoms with Crippen molar-refractivity contribution in [3.05, 3.63) is 96.3 Å². The normalized spacial score (nSPS) is 14.0. The number of imide groups is 1. The average molecular weight is 633 g/mol. The zero-order valence-electron chi connectivity index (χ0n) is 20.2. The number of non-ortho nitro benzene ring substituents is 1. The predicted octanol–water partition coefficient (Wildman–Crippen LogP) is 6.27. The Labute approximate surface area is 240 Å². The minimum absolute atomic E-state index is 0.0208. The minimum Gasteiger partial charge on any atom is -0.493 e. The van der Waals surface area contributed by atoms with Gasteiger partial charge < -0.3 is 14.8 Å². The van der Waals surface area contributed by atoms with E-state index in [0.717, 1.165) is 16.7 Å². The van der Waals surface area contributed by atoms with Crippen molar-refractivity contribution >= 4 is 73.8 Å². The van der Waals surface area contributed by atoms with Gasteiger partial charge in [0.15, 0.2) is 11.5 Å². The molecule has 3 amide bonds. The van der Waals surface area contributed by atoms with E-state index >= 15 is 0 Å². The SMILES string of the molecule is COc1cc(/C=C2/SC(=O)N(CC(=O)Nc3ccccc3Cl)C2=O)cc(Br)c1OCc1ccc([N+](=O)[O-])cc1. The van der Waals surface area contributed by atoms with Gasteiger partial charge >= 0.3 is 0 Å². The summed E-state index contributed by atoms with van der Waals surface area (Å²) in [7, 11) is 1.45. The van der Waals surface area contributed by atoms with Gasteiger partial charge in [-0.15, -0.1) is 0 Å². The van der Waals surface area contributed by atoms with E-state index in [1.807, 2.05) is 0 Å². The Bertz CT molecular complexity index is 1500. The number of nitro benzene ring substituents is 1. The lowest BCUT2D eigenvalue weighted by atomic mass is 10.1. The molecule has 3 aromatic carbocycles. The second-order valence-corrected chi connectivity index (χ2v) is 10.3. The van der Waals surface area contributed by atoms with Crippen LogP contribution in [0.15, 0.2) is 70.0 Å². The number of nitro groups is 1. The van der Waals surface area contributed by atoms with Gasteiger partial charge in [-0.1, -0.05) is 23.7 Å². The molecule has 1 fully saturated rings. The lowest BCUT2D eigenvalue weighted by molar-refractivity contribution is -0.384. The van der Waals surface area contributed by atoms with Crippen molar-refractivity contribution in [2.75, 3.05) is 19.0 Å². The number of carbonyl (C=O) groups excluding carboxylic acids is 3. The van der Waals surface area contributed by atoms with E-state index in [1.54, 1.807) is 48.5 Å². The molecule has 1 aliphatic heterocycles. The number of carbonyl (C=O) groups is 3. The molecule has 3 aromatic rings. The topological polar surface area (TPSA) is 128 Å². The second kappa shape index (κ2) is 12.3. The number of para-hydroxylation sites is 1. The third-order valence-electron chi connectivity index (χ3n) is 5.40. The quantitative estimate of drug-likeness (QED) is 0.166. The molecule has 1 heterocycles. The van der Waals surface area contributed by atoms with Crippen molar-refractivity contribution in [1.29, 1.82) is 0 Å². The van der Waals surface area contributed by atoms with Crippen molar-refractivity contribution in [3.8, 4) is 11.5 Å². The van der Waals surface area contributed by atoms with E-state index in [9.17, 15) is 24.5 Å². The fraction of sp³-hybridized carbons (Fsp3) is 0.115. The van der Waals surface area contributed by atoms with E-state index in [4.69, 9.17) is 21.1 Å². The monoisotopic (exact) mass is 631 g/mol. The molecule has 0 atom stereocenters. The third-order valence-corrected chi connectivity index (χ3v) is 7.23. The molecule has 200 valence electrons. The highest BCUT2D eigenvalue weighted by molar-refractivity contribution is 9.10. The first-order valence-electron chi connectivity index (χ1n) is 11.2. The molecular weight excluding hydrogens is 614 g/mol. The van der Waals surface area contributed by atoms with Crippen molar-refractivity contribution in [2.45, 2.75) is 6.61 Å². The van der Waals surface area contributed by atoms with E-state index in [2.05, 4.69) is 21.2 Å². The van der Waals surface area contributed by atoms with E-state index in [-0.39, 0.29) is 17.2 Å². The van der Waals surface area contributed by atoms with Crippen molar-refractivity contribution < 1.29 is 28.8 Å². The summed E-state index contributed by atoms with van der Waals surface area (Å²) >= 11 is 10.2. The van der Waals surface area contributed by atoms with Crippen LogP contribution < -0.4 is 14.8 Å². The van der Waals surface area contributed by atoms with Gasteiger partial charge in [0.2, 0.25) is 5.91 Å². The van der Waals surface area contributed by atoms with Crippen LogP contribution in [0.4, 0.5) is 16.2 Å². The van der Waals surface area contributed by atoms with Gasteiger partial charge in [0.05, 0.1) is 32.1 Å². The summed E-state index contributed by atoms with van der Waals surface area (Å²) in [5.41, 5.74) is 1.62. The molecule has 10 nitrogen and oxygen atoms in total. The van der Waals surface area contributed by atoms with Crippen LogP contribution in [0.5, 0.6) is 11.5 Å². The van der Waals surface area contributed by atoms with Gasteiger partial charge in [0.1, 0.15) is 13.2 Å². The molecule has 39 heavy (non-hydrogen) atoms. The molecule has 1 N–H and O–H groups in total. The van der Waals surface area contributed by atoms with Crippen molar-refractivity contribution in [1.82, 2.24) is 4.90 Å². The number of methoxy groups -OCH3 is 1. The molecule has 13 heteroatoms.